The molecule has 4 aromatic carbocycles. The minimum atomic E-state index is -0.640. The van der Waals surface area contributed by atoms with Gasteiger partial charge in [-0.2, -0.15) is 0 Å². The topological polar surface area (TPSA) is 94.4 Å². The van der Waals surface area contributed by atoms with Crippen LogP contribution in [0.2, 0.25) is 5.02 Å². The Morgan fingerprint density at radius 3 is 2.56 bits per heavy atom. The van der Waals surface area contributed by atoms with E-state index in [0.29, 0.717) is 16.1 Å². The number of amides is 1. The summed E-state index contributed by atoms with van der Waals surface area (Å²) in [6.07, 6.45) is 1.01. The molecule has 0 radical (unpaired) electrons. The Kier molecular flexibility index (Phi) is 6.73. The van der Waals surface area contributed by atoms with Gasteiger partial charge in [-0.1, -0.05) is 54.1 Å². The summed E-state index contributed by atoms with van der Waals surface area (Å²) < 4.78 is 0. The fourth-order valence-electron chi connectivity index (χ4n) is 5.27. The van der Waals surface area contributed by atoms with Crippen LogP contribution in [0.1, 0.15) is 34.1 Å². The predicted octanol–water partition coefficient (Wildman–Crippen LogP) is 6.25. The maximum atomic E-state index is 13.6. The van der Waals surface area contributed by atoms with Crippen molar-refractivity contribution in [3.63, 3.8) is 0 Å². The summed E-state index contributed by atoms with van der Waals surface area (Å²) >= 11 is 6.29. The van der Waals surface area contributed by atoms with Crippen LogP contribution in [0.15, 0.2) is 97.1 Å². The van der Waals surface area contributed by atoms with Gasteiger partial charge in [-0.3, -0.25) is 4.79 Å². The third-order valence-electron chi connectivity index (χ3n) is 7.35. The van der Waals surface area contributed by atoms with Gasteiger partial charge in [0.2, 0.25) is 0 Å². The number of phenolic OH excluding ortho intramolecular Hbond substituents is 1. The molecule has 1 aromatic heterocycles. The number of aromatic hydroxyl groups is 1. The Hall–Kier alpha value is -4.26. The van der Waals surface area contributed by atoms with Crippen LogP contribution in [0.25, 0.3) is 22.0 Å². The second-order valence-electron chi connectivity index (χ2n) is 10.0. The summed E-state index contributed by atoms with van der Waals surface area (Å²) in [5.41, 5.74) is 11.9. The number of benzene rings is 4. The van der Waals surface area contributed by atoms with Crippen molar-refractivity contribution in [3.05, 3.63) is 119 Å². The Labute approximate surface area is 232 Å². The molecule has 0 spiro atoms. The van der Waals surface area contributed by atoms with E-state index >= 15 is 0 Å². The first-order valence-electron chi connectivity index (χ1n) is 13.0. The average molecular weight is 537 g/mol. The van der Waals surface area contributed by atoms with Crippen molar-refractivity contribution >= 4 is 34.1 Å². The maximum Gasteiger partial charge on any atom is 0.252 e. The van der Waals surface area contributed by atoms with E-state index in [1.54, 1.807) is 24.3 Å². The highest BCUT2D eigenvalue weighted by atomic mass is 35.5. The second-order valence-corrected chi connectivity index (χ2v) is 10.5. The number of carbonyl (C=O) groups is 1. The quantitative estimate of drug-likeness (QED) is 0.206. The van der Waals surface area contributed by atoms with Gasteiger partial charge in [0, 0.05) is 52.2 Å². The normalized spacial score (nSPS) is 15.9. The van der Waals surface area contributed by atoms with Gasteiger partial charge >= 0.3 is 0 Å². The largest absolute Gasteiger partial charge is 0.508 e. The molecule has 1 aliphatic rings. The van der Waals surface area contributed by atoms with Crippen molar-refractivity contribution < 1.29 is 9.90 Å². The van der Waals surface area contributed by atoms with Crippen LogP contribution in [0.5, 0.6) is 5.75 Å². The van der Waals surface area contributed by atoms with Gasteiger partial charge in [0.1, 0.15) is 5.75 Å². The predicted molar refractivity (Wildman–Crippen MR) is 157 cm³/mol. The molecule has 1 aliphatic heterocycles. The summed E-state index contributed by atoms with van der Waals surface area (Å²) in [5, 5.41) is 15.3. The lowest BCUT2D eigenvalue weighted by molar-refractivity contribution is 0.0942. The highest BCUT2D eigenvalue weighted by Crippen LogP contribution is 2.33. The van der Waals surface area contributed by atoms with E-state index < -0.39 is 6.04 Å². The van der Waals surface area contributed by atoms with Crippen molar-refractivity contribution in [1.29, 1.82) is 0 Å². The molecule has 1 fully saturated rings. The number of carbonyl (C=O) groups excluding carboxylic acids is 1. The molecule has 6 nitrogen and oxygen atoms in total. The fourth-order valence-corrected chi connectivity index (χ4v) is 5.45. The fraction of sp³-hybridized carbons (Fsp3) is 0.156. The summed E-state index contributed by atoms with van der Waals surface area (Å²) in [4.78, 5) is 19.3. The minimum Gasteiger partial charge on any atom is -0.508 e. The standard InChI is InChI=1S/C32H29ClN4O2/c33-24-10-13-30(38)27(18-24)31(29-17-22-4-1-2-7-28(22)35-29)36-32(39)23-6-3-5-21(16-23)20-8-11-26(12-9-20)37-15-14-25(34)19-37/h1-13,16-18,25,31,35,38H,14-15,19,34H2,(H,36,39)/t25-,31+/m0/s1. The van der Waals surface area contributed by atoms with Crippen LogP contribution in [0, 0.1) is 0 Å². The third-order valence-corrected chi connectivity index (χ3v) is 7.59. The van der Waals surface area contributed by atoms with E-state index in [2.05, 4.69) is 39.5 Å². The first kappa shape index (κ1) is 25.0. The van der Waals surface area contributed by atoms with Crippen molar-refractivity contribution in [2.75, 3.05) is 18.0 Å². The summed E-state index contributed by atoms with van der Waals surface area (Å²) in [6.45, 7) is 1.84. The van der Waals surface area contributed by atoms with Crippen LogP contribution in [0.4, 0.5) is 5.69 Å². The van der Waals surface area contributed by atoms with E-state index in [1.165, 1.54) is 0 Å². The number of nitrogens with two attached hydrogens (primary N) is 1. The molecule has 5 N–H and O–H groups in total. The lowest BCUT2D eigenvalue weighted by Gasteiger charge is -2.20. The number of rotatable bonds is 6. The number of para-hydroxylation sites is 1. The molecule has 0 aliphatic carbocycles. The van der Waals surface area contributed by atoms with E-state index in [0.717, 1.165) is 52.9 Å². The van der Waals surface area contributed by atoms with Gasteiger partial charge in [0.25, 0.3) is 5.91 Å². The SMILES string of the molecule is N[C@H]1CCN(c2ccc(-c3cccc(C(=O)N[C@@H](c4cc5ccccc5[nH]4)c4cc(Cl)ccc4O)c3)cc2)C1. The molecular weight excluding hydrogens is 508 g/mol. The van der Waals surface area contributed by atoms with Crippen LogP contribution in [-0.4, -0.2) is 35.1 Å². The molecule has 39 heavy (non-hydrogen) atoms. The van der Waals surface area contributed by atoms with Gasteiger partial charge in [0.05, 0.1) is 6.04 Å². The summed E-state index contributed by atoms with van der Waals surface area (Å²) in [6, 6.07) is 30.2. The number of fused-ring (bicyclic) bond motifs is 1. The molecular formula is C32H29ClN4O2. The summed E-state index contributed by atoms with van der Waals surface area (Å²) in [7, 11) is 0. The van der Waals surface area contributed by atoms with Crippen molar-refractivity contribution in [2.24, 2.45) is 5.73 Å². The zero-order valence-corrected chi connectivity index (χ0v) is 22.0. The Bertz CT molecular complexity index is 1610. The minimum absolute atomic E-state index is 0.0520. The summed E-state index contributed by atoms with van der Waals surface area (Å²) in [5.74, 6) is -0.210. The van der Waals surface area contributed by atoms with E-state index in [9.17, 15) is 9.90 Å². The van der Waals surface area contributed by atoms with Crippen LogP contribution < -0.4 is 16.0 Å². The Morgan fingerprint density at radius 2 is 1.79 bits per heavy atom. The number of anilines is 1. The molecule has 5 aromatic rings. The lowest BCUT2D eigenvalue weighted by atomic mass is 10.00. The smallest absolute Gasteiger partial charge is 0.252 e. The Balaban J connectivity index is 1.29. The van der Waals surface area contributed by atoms with Crippen molar-refractivity contribution in [2.45, 2.75) is 18.5 Å². The molecule has 2 atom stereocenters. The van der Waals surface area contributed by atoms with E-state index in [4.69, 9.17) is 17.3 Å². The van der Waals surface area contributed by atoms with Crippen LogP contribution >= 0.6 is 11.6 Å². The van der Waals surface area contributed by atoms with Gasteiger partial charge in [-0.25, -0.2) is 0 Å². The molecule has 0 bridgehead atoms. The molecule has 196 valence electrons. The third kappa shape index (κ3) is 5.21. The van der Waals surface area contributed by atoms with Gasteiger partial charge in [-0.05, 0) is 77.5 Å². The number of hydrogen-bond acceptors (Lipinski definition) is 4. The van der Waals surface area contributed by atoms with Crippen molar-refractivity contribution in [1.82, 2.24) is 10.3 Å². The molecule has 6 rings (SSSR count). The number of nitrogens with zero attached hydrogens (tertiary/aromatic N) is 1. The highest BCUT2D eigenvalue weighted by Gasteiger charge is 2.24. The van der Waals surface area contributed by atoms with Gasteiger partial charge in [0.15, 0.2) is 0 Å². The highest BCUT2D eigenvalue weighted by molar-refractivity contribution is 6.30. The number of halogens is 1. The number of hydrogen-bond donors (Lipinski definition) is 4. The first-order valence-corrected chi connectivity index (χ1v) is 13.4. The van der Waals surface area contributed by atoms with E-state index in [-0.39, 0.29) is 17.7 Å². The van der Waals surface area contributed by atoms with E-state index in [1.807, 2.05) is 48.5 Å². The number of aromatic nitrogens is 1. The number of aromatic amines is 1. The zero-order valence-electron chi connectivity index (χ0n) is 21.3. The molecule has 0 saturated carbocycles. The van der Waals surface area contributed by atoms with Gasteiger partial charge < -0.3 is 26.0 Å². The number of H-pyrrole nitrogens is 1. The molecule has 1 amide bonds. The molecule has 2 heterocycles. The molecule has 0 unspecified atom stereocenters. The molecule has 7 heteroatoms. The van der Waals surface area contributed by atoms with Gasteiger partial charge in [-0.15, -0.1) is 0 Å². The molecule has 1 saturated heterocycles. The van der Waals surface area contributed by atoms with Crippen LogP contribution in [-0.2, 0) is 0 Å². The monoisotopic (exact) mass is 536 g/mol. The second kappa shape index (κ2) is 10.5. The number of phenols is 1. The maximum absolute atomic E-state index is 13.6. The lowest BCUT2D eigenvalue weighted by Crippen LogP contribution is -2.29. The first-order chi connectivity index (χ1) is 18.9. The zero-order chi connectivity index (χ0) is 26.9. The number of nitrogens with one attached hydrogen (secondary N) is 2. The average Bonchev–Trinajstić information content (AvgIpc) is 3.59. The van der Waals surface area contributed by atoms with Crippen molar-refractivity contribution in [3.8, 4) is 16.9 Å². The van der Waals surface area contributed by atoms with Crippen LogP contribution in [0.3, 0.4) is 0 Å². The Morgan fingerprint density at radius 1 is 0.974 bits per heavy atom.